The van der Waals surface area contributed by atoms with E-state index >= 15 is 0 Å². The van der Waals surface area contributed by atoms with Crippen LogP contribution >= 0.6 is 0 Å². The van der Waals surface area contributed by atoms with Crippen molar-refractivity contribution in [3.63, 3.8) is 0 Å². The first-order valence-electron chi connectivity index (χ1n) is 9.54. The first kappa shape index (κ1) is 21.5. The van der Waals surface area contributed by atoms with Crippen LogP contribution in [0.2, 0.25) is 0 Å². The Kier molecular flexibility index (Phi) is 5.59. The van der Waals surface area contributed by atoms with Gasteiger partial charge in [-0.05, 0) is 18.0 Å². The van der Waals surface area contributed by atoms with Gasteiger partial charge in [-0.2, -0.15) is 24.3 Å². The minimum atomic E-state index is -2.17. The molecule has 0 saturated carbocycles. The van der Waals surface area contributed by atoms with Crippen LogP contribution in [0.1, 0.15) is 35.6 Å². The van der Waals surface area contributed by atoms with Gasteiger partial charge >= 0.3 is 5.97 Å². The van der Waals surface area contributed by atoms with Crippen LogP contribution in [0.4, 0.5) is 4.39 Å². The third-order valence-electron chi connectivity index (χ3n) is 5.95. The Labute approximate surface area is 205 Å². The fourth-order valence-corrected chi connectivity index (χ4v) is 4.50. The zero-order chi connectivity index (χ0) is 20.3. The van der Waals surface area contributed by atoms with E-state index in [4.69, 9.17) is 9.72 Å². The summed E-state index contributed by atoms with van der Waals surface area (Å²) in [7, 11) is 0. The van der Waals surface area contributed by atoms with Gasteiger partial charge in [-0.25, -0.2) is 4.79 Å². The molecule has 3 aromatic rings. The van der Waals surface area contributed by atoms with Crippen molar-refractivity contribution in [1.29, 1.82) is 0 Å². The quantitative estimate of drug-likeness (QED) is 0.323. The molecule has 8 heteroatoms. The third kappa shape index (κ3) is 2.90. The number of carbonyl (C=O) groups excluding carboxylic acids is 1. The average Bonchev–Trinajstić information content (AvgIpc) is 3.08. The molecule has 0 radical (unpaired) electrons. The number of aromatic nitrogens is 2. The summed E-state index contributed by atoms with van der Waals surface area (Å²) in [4.78, 5) is 30.2. The summed E-state index contributed by atoms with van der Waals surface area (Å²) in [5.74, 6) is -0.930. The van der Waals surface area contributed by atoms with E-state index in [0.29, 0.717) is 17.9 Å². The molecular weight excluding hydrogens is 515 g/mol. The number of pyridine rings is 2. The van der Waals surface area contributed by atoms with Crippen molar-refractivity contribution in [2.75, 3.05) is 6.67 Å². The molecule has 0 fully saturated rings. The molecule has 1 atom stereocenters. The van der Waals surface area contributed by atoms with Gasteiger partial charge in [0.25, 0.3) is 5.56 Å². The number of benzene rings is 1. The molecule has 5 rings (SSSR count). The number of rotatable bonds is 3. The molecule has 30 heavy (non-hydrogen) atoms. The maximum absolute atomic E-state index is 13.2. The summed E-state index contributed by atoms with van der Waals surface area (Å²) in [6, 6.07) is 10.2. The van der Waals surface area contributed by atoms with Crippen LogP contribution in [0.3, 0.4) is 0 Å². The second-order valence-electron chi connectivity index (χ2n) is 7.40. The Bertz CT molecular complexity index is 1260. The zero-order valence-electron chi connectivity index (χ0n) is 16.3. The van der Waals surface area contributed by atoms with Crippen molar-refractivity contribution in [3.8, 4) is 11.4 Å². The van der Waals surface area contributed by atoms with Gasteiger partial charge in [0, 0.05) is 59.3 Å². The summed E-state index contributed by atoms with van der Waals surface area (Å²) < 4.78 is 19.7. The Morgan fingerprint density at radius 3 is 2.90 bits per heavy atom. The Morgan fingerprint density at radius 1 is 1.37 bits per heavy atom. The number of carbonyl (C=O) groups is 1. The third-order valence-corrected chi connectivity index (χ3v) is 5.95. The second kappa shape index (κ2) is 7.78. The first-order chi connectivity index (χ1) is 14.0. The molecule has 2 aliphatic heterocycles. The molecule has 6 nitrogen and oxygen atoms in total. The normalized spacial score (nSPS) is 19.0. The van der Waals surface area contributed by atoms with Crippen LogP contribution in [0.25, 0.3) is 22.3 Å². The van der Waals surface area contributed by atoms with Crippen LogP contribution < -0.4 is 5.56 Å². The number of fused-ring (bicyclic) bond motifs is 5. The predicted octanol–water partition coefficient (Wildman–Crippen LogP) is 2.39. The molecule has 2 aliphatic rings. The minimum absolute atomic E-state index is 0. The molecular formula is C22H18CeFN2O4-. The van der Waals surface area contributed by atoms with Gasteiger partial charge in [0.05, 0.1) is 30.2 Å². The minimum Gasteiger partial charge on any atom is -0.458 e. The summed E-state index contributed by atoms with van der Waals surface area (Å²) in [6.07, 6.45) is 0.302. The average molecular weight is 534 g/mol. The number of aryl methyl sites for hydroxylation is 1. The van der Waals surface area contributed by atoms with E-state index in [-0.39, 0.29) is 65.0 Å². The number of halogens is 1. The SMILES string of the molecule is CCc1c2c(nc3c[c-]ccc13)-c1cc3c(c(=O)n1C2)COC(=O)C3(O)CCF.[Ce]. The fraction of sp³-hybridized carbons (Fsp3) is 0.318. The predicted molar refractivity (Wildman–Crippen MR) is 103 cm³/mol. The molecule has 4 heterocycles. The molecule has 0 aliphatic carbocycles. The van der Waals surface area contributed by atoms with Crippen molar-refractivity contribution in [1.82, 2.24) is 9.55 Å². The van der Waals surface area contributed by atoms with E-state index in [2.05, 4.69) is 13.0 Å². The molecule has 152 valence electrons. The Morgan fingerprint density at radius 2 is 2.17 bits per heavy atom. The van der Waals surface area contributed by atoms with Gasteiger partial charge in [-0.3, -0.25) is 9.18 Å². The number of hydrogen-bond donors (Lipinski definition) is 1. The first-order valence-corrected chi connectivity index (χ1v) is 9.54. The summed E-state index contributed by atoms with van der Waals surface area (Å²) in [6.45, 7) is 1.26. The molecule has 0 amide bonds. The van der Waals surface area contributed by atoms with E-state index in [1.54, 1.807) is 16.7 Å². The van der Waals surface area contributed by atoms with Gasteiger partial charge in [0.2, 0.25) is 0 Å². The maximum Gasteiger partial charge on any atom is 0.343 e. The standard InChI is InChI=1S/C22H18FN2O4.Ce/c1-2-12-13-5-3-4-6-17(13)24-19-14(12)10-25-18(19)9-16-15(20(25)26)11-29-21(27)22(16,28)7-8-23;/h3,5-6,9,28H,2,7-8,10-11H2,1H3;/q-1;. The topological polar surface area (TPSA) is 81.4 Å². The van der Waals surface area contributed by atoms with E-state index in [1.165, 1.54) is 0 Å². The van der Waals surface area contributed by atoms with Crippen LogP contribution in [0, 0.1) is 47.8 Å². The van der Waals surface area contributed by atoms with Crippen molar-refractivity contribution < 1.29 is 60.8 Å². The fourth-order valence-electron chi connectivity index (χ4n) is 4.50. The smallest absolute Gasteiger partial charge is 0.343 e. The molecule has 1 unspecified atom stereocenters. The summed E-state index contributed by atoms with van der Waals surface area (Å²) in [5, 5.41) is 11.9. The molecule has 2 aromatic heterocycles. The number of nitrogens with zero attached hydrogens (tertiary/aromatic N) is 2. The maximum atomic E-state index is 13.2. The van der Waals surface area contributed by atoms with E-state index in [0.717, 1.165) is 28.5 Å². The van der Waals surface area contributed by atoms with Gasteiger partial charge in [0.1, 0.15) is 6.61 Å². The van der Waals surface area contributed by atoms with Gasteiger partial charge in [-0.15, -0.1) is 5.39 Å². The Hall–Kier alpha value is -1.68. The van der Waals surface area contributed by atoms with Gasteiger partial charge in [0.15, 0.2) is 5.60 Å². The summed E-state index contributed by atoms with van der Waals surface area (Å²) >= 11 is 0. The zero-order valence-corrected chi connectivity index (χ0v) is 19.4. The van der Waals surface area contributed by atoms with E-state index in [9.17, 15) is 19.1 Å². The number of cyclic esters (lactones) is 1. The molecule has 0 saturated heterocycles. The number of alkyl halides is 1. The van der Waals surface area contributed by atoms with Crippen molar-refractivity contribution in [3.05, 3.63) is 62.9 Å². The van der Waals surface area contributed by atoms with Crippen molar-refractivity contribution in [2.45, 2.75) is 38.5 Å². The summed E-state index contributed by atoms with van der Waals surface area (Å²) in [5.41, 5.74) is 1.78. The van der Waals surface area contributed by atoms with Crippen LogP contribution in [-0.4, -0.2) is 27.3 Å². The van der Waals surface area contributed by atoms with Gasteiger partial charge < -0.3 is 19.4 Å². The van der Waals surface area contributed by atoms with Gasteiger partial charge in [-0.1, -0.05) is 12.5 Å². The van der Waals surface area contributed by atoms with E-state index < -0.39 is 24.7 Å². The second-order valence-corrected chi connectivity index (χ2v) is 7.40. The van der Waals surface area contributed by atoms with E-state index in [1.807, 2.05) is 12.1 Å². The largest absolute Gasteiger partial charge is 0.458 e. The number of esters is 1. The van der Waals surface area contributed by atoms with Crippen molar-refractivity contribution in [2.24, 2.45) is 0 Å². The number of hydrogen-bond acceptors (Lipinski definition) is 5. The van der Waals surface area contributed by atoms with Crippen molar-refractivity contribution >= 4 is 16.9 Å². The van der Waals surface area contributed by atoms with Crippen LogP contribution in [-0.2, 0) is 34.7 Å². The van der Waals surface area contributed by atoms with Crippen LogP contribution in [0.15, 0.2) is 29.1 Å². The number of ether oxygens (including phenoxy) is 1. The molecule has 1 aromatic carbocycles. The molecule has 1 N–H and O–H groups in total. The number of aliphatic hydroxyl groups is 1. The molecule has 0 spiro atoms. The monoisotopic (exact) mass is 533 g/mol. The van der Waals surface area contributed by atoms with Crippen LogP contribution in [0.5, 0.6) is 0 Å². The molecule has 0 bridgehead atoms. The Balaban J connectivity index is 0.00000218.